The number of rotatable bonds is 4. The fourth-order valence-corrected chi connectivity index (χ4v) is 2.66. The van der Waals surface area contributed by atoms with E-state index in [1.54, 1.807) is 12.1 Å². The maximum atomic E-state index is 13.2. The summed E-state index contributed by atoms with van der Waals surface area (Å²) in [7, 11) is 0. The Morgan fingerprint density at radius 3 is 3.10 bits per heavy atom. The molecule has 1 aliphatic heterocycles. The summed E-state index contributed by atoms with van der Waals surface area (Å²) in [6.45, 7) is 4.79. The lowest BCUT2D eigenvalue weighted by atomic mass is 10.1. The maximum absolute atomic E-state index is 13.2. The van der Waals surface area contributed by atoms with Gasteiger partial charge in [-0.1, -0.05) is 6.07 Å². The van der Waals surface area contributed by atoms with Gasteiger partial charge in [-0.15, -0.1) is 0 Å². The molecule has 1 unspecified atom stereocenters. The molecule has 1 N–H and O–H groups in total. The minimum absolute atomic E-state index is 0.0200. The van der Waals surface area contributed by atoms with Gasteiger partial charge >= 0.3 is 0 Å². The Kier molecular flexibility index (Phi) is 5.51. The molecule has 0 spiro atoms. The second-order valence-corrected chi connectivity index (χ2v) is 5.56. The van der Waals surface area contributed by atoms with Gasteiger partial charge in [-0.25, -0.2) is 4.39 Å². The molecule has 0 bridgehead atoms. The second kappa shape index (κ2) is 7.15. The van der Waals surface area contributed by atoms with Crippen LogP contribution in [-0.2, 0) is 16.1 Å². The first kappa shape index (κ1) is 15.4. The van der Waals surface area contributed by atoms with Gasteiger partial charge in [-0.05, 0) is 40.5 Å². The predicted octanol–water partition coefficient (Wildman–Crippen LogP) is 1.93. The van der Waals surface area contributed by atoms with E-state index in [0.29, 0.717) is 37.3 Å². The van der Waals surface area contributed by atoms with Crippen LogP contribution in [-0.4, -0.2) is 43.2 Å². The van der Waals surface area contributed by atoms with E-state index in [1.165, 1.54) is 6.07 Å². The molecule has 1 saturated heterocycles. The van der Waals surface area contributed by atoms with Gasteiger partial charge in [0.05, 0.1) is 17.7 Å². The zero-order valence-corrected chi connectivity index (χ0v) is 13.0. The molecule has 0 radical (unpaired) electrons. The number of hydrogen-bond donors (Lipinski definition) is 1. The Balaban J connectivity index is 2.08. The molecule has 4 nitrogen and oxygen atoms in total. The number of carbonyl (C=O) groups is 1. The normalized spacial score (nSPS) is 19.9. The number of hydrogen-bond acceptors (Lipinski definition) is 3. The van der Waals surface area contributed by atoms with Gasteiger partial charge in [-0.3, -0.25) is 9.69 Å². The standard InChI is InChI=1S/C14H18BrFN2O2/c1-2-17-14(19)13-9-20-6-5-18(13)8-10-3-4-12(16)11(15)7-10/h3-4,7,13H,2,5-6,8-9H2,1H3,(H,17,19). The number of benzene rings is 1. The first-order valence-electron chi connectivity index (χ1n) is 6.65. The number of halogens is 2. The smallest absolute Gasteiger partial charge is 0.239 e. The average Bonchev–Trinajstić information content (AvgIpc) is 2.44. The summed E-state index contributed by atoms with van der Waals surface area (Å²) in [5.74, 6) is -0.301. The molecule has 1 aromatic rings. The number of likely N-dealkylation sites (N-methyl/N-ethyl adjacent to an activating group) is 1. The summed E-state index contributed by atoms with van der Waals surface area (Å²) in [5.41, 5.74) is 0.967. The van der Waals surface area contributed by atoms with Crippen molar-refractivity contribution in [3.05, 3.63) is 34.1 Å². The van der Waals surface area contributed by atoms with Crippen LogP contribution in [0.1, 0.15) is 12.5 Å². The van der Waals surface area contributed by atoms with Gasteiger partial charge in [0.1, 0.15) is 11.9 Å². The van der Waals surface area contributed by atoms with Crippen molar-refractivity contribution in [3.8, 4) is 0 Å². The van der Waals surface area contributed by atoms with Gasteiger partial charge < -0.3 is 10.1 Å². The third-order valence-corrected chi connectivity index (χ3v) is 3.87. The molecule has 110 valence electrons. The number of ether oxygens (including phenoxy) is 1. The van der Waals surface area contributed by atoms with Crippen molar-refractivity contribution in [1.29, 1.82) is 0 Å². The minimum Gasteiger partial charge on any atom is -0.378 e. The Morgan fingerprint density at radius 2 is 2.40 bits per heavy atom. The van der Waals surface area contributed by atoms with E-state index in [4.69, 9.17) is 4.74 Å². The van der Waals surface area contributed by atoms with Crippen LogP contribution >= 0.6 is 15.9 Å². The predicted molar refractivity (Wildman–Crippen MR) is 77.8 cm³/mol. The largest absolute Gasteiger partial charge is 0.378 e. The second-order valence-electron chi connectivity index (χ2n) is 4.70. The van der Waals surface area contributed by atoms with Crippen molar-refractivity contribution in [3.63, 3.8) is 0 Å². The summed E-state index contributed by atoms with van der Waals surface area (Å²) in [6.07, 6.45) is 0. The molecule has 1 amide bonds. The van der Waals surface area contributed by atoms with Crippen LogP contribution < -0.4 is 5.32 Å². The van der Waals surface area contributed by atoms with Crippen molar-refractivity contribution in [2.24, 2.45) is 0 Å². The van der Waals surface area contributed by atoms with Crippen LogP contribution in [0.25, 0.3) is 0 Å². The van der Waals surface area contributed by atoms with Crippen LogP contribution in [0.15, 0.2) is 22.7 Å². The fourth-order valence-electron chi connectivity index (χ4n) is 2.23. The van der Waals surface area contributed by atoms with Crippen LogP contribution in [0.2, 0.25) is 0 Å². The van der Waals surface area contributed by atoms with E-state index >= 15 is 0 Å². The van der Waals surface area contributed by atoms with Crippen LogP contribution in [0.4, 0.5) is 4.39 Å². The van der Waals surface area contributed by atoms with Crippen molar-refractivity contribution in [2.75, 3.05) is 26.3 Å². The van der Waals surface area contributed by atoms with E-state index in [-0.39, 0.29) is 17.8 Å². The van der Waals surface area contributed by atoms with Crippen LogP contribution in [0.3, 0.4) is 0 Å². The molecular formula is C14H18BrFN2O2. The monoisotopic (exact) mass is 344 g/mol. The summed E-state index contributed by atoms with van der Waals surface area (Å²) in [5, 5.41) is 2.82. The van der Waals surface area contributed by atoms with Crippen molar-refractivity contribution in [2.45, 2.75) is 19.5 Å². The molecule has 1 aromatic carbocycles. The highest BCUT2D eigenvalue weighted by atomic mass is 79.9. The van der Waals surface area contributed by atoms with Crippen molar-refractivity contribution < 1.29 is 13.9 Å². The quantitative estimate of drug-likeness (QED) is 0.907. The van der Waals surface area contributed by atoms with Crippen molar-refractivity contribution in [1.82, 2.24) is 10.2 Å². The third kappa shape index (κ3) is 3.77. The molecule has 2 rings (SSSR count). The fraction of sp³-hybridized carbons (Fsp3) is 0.500. The van der Waals surface area contributed by atoms with E-state index in [0.717, 1.165) is 5.56 Å². The zero-order valence-electron chi connectivity index (χ0n) is 11.4. The number of carbonyl (C=O) groups excluding carboxylic acids is 1. The van der Waals surface area contributed by atoms with Crippen molar-refractivity contribution >= 4 is 21.8 Å². The Labute approximate surface area is 126 Å². The number of nitrogens with zero attached hydrogens (tertiary/aromatic N) is 1. The van der Waals surface area contributed by atoms with E-state index in [9.17, 15) is 9.18 Å². The Hall–Kier alpha value is -0.980. The average molecular weight is 345 g/mol. The molecular weight excluding hydrogens is 327 g/mol. The molecule has 0 saturated carbocycles. The van der Waals surface area contributed by atoms with Gasteiger partial charge in [0, 0.05) is 19.6 Å². The Bertz CT molecular complexity index is 484. The molecule has 1 heterocycles. The minimum atomic E-state index is -0.285. The highest BCUT2D eigenvalue weighted by molar-refractivity contribution is 9.10. The highest BCUT2D eigenvalue weighted by Crippen LogP contribution is 2.19. The SMILES string of the molecule is CCNC(=O)C1COCCN1Cc1ccc(F)c(Br)c1. The maximum Gasteiger partial charge on any atom is 0.239 e. The van der Waals surface area contributed by atoms with Gasteiger partial charge in [0.25, 0.3) is 0 Å². The topological polar surface area (TPSA) is 41.6 Å². The third-order valence-electron chi connectivity index (χ3n) is 3.26. The molecule has 0 aliphatic carbocycles. The lowest BCUT2D eigenvalue weighted by Gasteiger charge is -2.34. The number of nitrogens with one attached hydrogen (secondary N) is 1. The molecule has 6 heteroatoms. The Morgan fingerprint density at radius 1 is 1.60 bits per heavy atom. The lowest BCUT2D eigenvalue weighted by molar-refractivity contribution is -0.132. The van der Waals surface area contributed by atoms with Gasteiger partial charge in [0.15, 0.2) is 0 Å². The first-order valence-corrected chi connectivity index (χ1v) is 7.44. The van der Waals surface area contributed by atoms with Crippen LogP contribution in [0.5, 0.6) is 0 Å². The summed E-state index contributed by atoms with van der Waals surface area (Å²) in [4.78, 5) is 14.1. The molecule has 20 heavy (non-hydrogen) atoms. The number of amides is 1. The van der Waals surface area contributed by atoms with E-state index in [1.807, 2.05) is 6.92 Å². The zero-order chi connectivity index (χ0) is 14.5. The molecule has 1 aliphatic rings. The summed E-state index contributed by atoms with van der Waals surface area (Å²) in [6, 6.07) is 4.64. The lowest BCUT2D eigenvalue weighted by Crippen LogP contribution is -2.53. The highest BCUT2D eigenvalue weighted by Gasteiger charge is 2.29. The van der Waals surface area contributed by atoms with Gasteiger partial charge in [-0.2, -0.15) is 0 Å². The summed E-state index contributed by atoms with van der Waals surface area (Å²) >= 11 is 3.18. The first-order chi connectivity index (χ1) is 9.61. The van der Waals surface area contributed by atoms with Crippen LogP contribution in [0, 0.1) is 5.82 Å². The van der Waals surface area contributed by atoms with E-state index < -0.39 is 0 Å². The number of morpholine rings is 1. The molecule has 1 atom stereocenters. The van der Waals surface area contributed by atoms with Gasteiger partial charge in [0.2, 0.25) is 5.91 Å². The van der Waals surface area contributed by atoms with E-state index in [2.05, 4.69) is 26.1 Å². The molecule has 0 aromatic heterocycles. The molecule has 1 fully saturated rings. The summed E-state index contributed by atoms with van der Waals surface area (Å²) < 4.78 is 19.1.